The highest BCUT2D eigenvalue weighted by Crippen LogP contribution is 2.34. The van der Waals surface area contributed by atoms with Crippen LogP contribution in [0.25, 0.3) is 0 Å². The number of aliphatic hydroxyl groups excluding tert-OH is 1. The smallest absolute Gasteiger partial charge is 0.397 e. The van der Waals surface area contributed by atoms with Crippen molar-refractivity contribution in [1.29, 1.82) is 0 Å². The Kier molecular flexibility index (Phi) is 4.48. The number of carboxylic acid groups (broad SMARTS) is 1. The molecule has 0 bridgehead atoms. The first-order valence-corrected chi connectivity index (χ1v) is 6.69. The molecule has 3 N–H and O–H groups in total. The minimum atomic E-state index is -4.63. The Hall–Kier alpha value is -0.700. The van der Waals surface area contributed by atoms with E-state index in [1.807, 2.05) is 0 Å². The fourth-order valence-electron chi connectivity index (χ4n) is 2.34. The van der Waals surface area contributed by atoms with Crippen molar-refractivity contribution < 1.29 is 32.2 Å². The molecule has 0 radical (unpaired) electrons. The van der Waals surface area contributed by atoms with Gasteiger partial charge in [0.1, 0.15) is 6.10 Å². The summed E-state index contributed by atoms with van der Waals surface area (Å²) < 4.78 is 34.0. The third kappa shape index (κ3) is 3.63. The van der Waals surface area contributed by atoms with Crippen LogP contribution in [0, 0.1) is 11.8 Å². The quantitative estimate of drug-likeness (QED) is 0.616. The highest BCUT2D eigenvalue weighted by Gasteiger charge is 2.42. The molecule has 17 heavy (non-hydrogen) atoms. The summed E-state index contributed by atoms with van der Waals surface area (Å²) in [5.41, 5.74) is 0. The van der Waals surface area contributed by atoms with E-state index in [1.165, 1.54) is 0 Å². The number of hydrogen-bond acceptors (Lipinski definition) is 5. The van der Waals surface area contributed by atoms with E-state index in [1.54, 1.807) is 6.92 Å². The van der Waals surface area contributed by atoms with E-state index in [9.17, 15) is 18.3 Å². The molecule has 8 heteroatoms. The maximum Gasteiger partial charge on any atom is 0.397 e. The minimum absolute atomic E-state index is 0.0778. The predicted molar refractivity (Wildman–Crippen MR) is 56.6 cm³/mol. The van der Waals surface area contributed by atoms with Gasteiger partial charge in [-0.1, -0.05) is 6.92 Å². The molecule has 0 spiro atoms. The first-order chi connectivity index (χ1) is 7.76. The molecule has 0 aliphatic heterocycles. The van der Waals surface area contributed by atoms with Gasteiger partial charge in [-0.3, -0.25) is 9.35 Å². The van der Waals surface area contributed by atoms with Crippen LogP contribution in [-0.4, -0.2) is 41.4 Å². The zero-order chi connectivity index (χ0) is 13.2. The van der Waals surface area contributed by atoms with E-state index in [0.29, 0.717) is 6.42 Å². The van der Waals surface area contributed by atoms with Gasteiger partial charge in [-0.05, 0) is 19.3 Å². The Morgan fingerprint density at radius 2 is 2.00 bits per heavy atom. The first-order valence-electron chi connectivity index (χ1n) is 5.32. The lowest BCUT2D eigenvalue weighted by Crippen LogP contribution is -2.46. The van der Waals surface area contributed by atoms with Gasteiger partial charge in [0.05, 0.1) is 12.0 Å². The van der Waals surface area contributed by atoms with Gasteiger partial charge < -0.3 is 10.2 Å². The third-order valence-corrected chi connectivity index (χ3v) is 3.62. The van der Waals surface area contributed by atoms with E-state index in [0.717, 1.165) is 0 Å². The molecule has 1 rings (SSSR count). The lowest BCUT2D eigenvalue weighted by atomic mass is 9.74. The molecule has 0 heterocycles. The molecular weight excluding hydrogens is 252 g/mol. The van der Waals surface area contributed by atoms with Crippen molar-refractivity contribution in [2.45, 2.75) is 38.4 Å². The van der Waals surface area contributed by atoms with Crippen molar-refractivity contribution in [3.05, 3.63) is 0 Å². The van der Waals surface area contributed by atoms with Crippen LogP contribution in [0.5, 0.6) is 0 Å². The van der Waals surface area contributed by atoms with E-state index in [-0.39, 0.29) is 12.8 Å². The van der Waals surface area contributed by atoms with Crippen LogP contribution in [-0.2, 0) is 19.4 Å². The summed E-state index contributed by atoms with van der Waals surface area (Å²) in [7, 11) is -4.63. The topological polar surface area (TPSA) is 121 Å². The largest absolute Gasteiger partial charge is 0.481 e. The summed E-state index contributed by atoms with van der Waals surface area (Å²) in [6.45, 7) is 1.71. The lowest BCUT2D eigenvalue weighted by molar-refractivity contribution is -0.151. The van der Waals surface area contributed by atoms with Gasteiger partial charge in [0.2, 0.25) is 0 Å². The van der Waals surface area contributed by atoms with Crippen molar-refractivity contribution in [3.63, 3.8) is 0 Å². The average Bonchev–Trinajstić information content (AvgIpc) is 2.18. The molecule has 1 aliphatic rings. The van der Waals surface area contributed by atoms with Crippen molar-refractivity contribution in [2.24, 2.45) is 11.8 Å². The summed E-state index contributed by atoms with van der Waals surface area (Å²) in [5.74, 6) is -2.30. The lowest BCUT2D eigenvalue weighted by Gasteiger charge is -2.37. The van der Waals surface area contributed by atoms with Crippen molar-refractivity contribution >= 4 is 16.4 Å². The second-order valence-electron chi connectivity index (χ2n) is 4.15. The van der Waals surface area contributed by atoms with Crippen molar-refractivity contribution in [3.8, 4) is 0 Å². The Labute approximate surface area is 99.4 Å². The number of aliphatic carboxylic acids is 1. The van der Waals surface area contributed by atoms with Gasteiger partial charge in [-0.25, -0.2) is 4.18 Å². The summed E-state index contributed by atoms with van der Waals surface area (Å²) in [6, 6.07) is 0. The zero-order valence-corrected chi connectivity index (χ0v) is 10.1. The summed E-state index contributed by atoms with van der Waals surface area (Å²) in [6.07, 6.45) is -1.61. The van der Waals surface area contributed by atoms with Crippen LogP contribution >= 0.6 is 0 Å². The Balaban J connectivity index is 2.80. The van der Waals surface area contributed by atoms with Gasteiger partial charge in [0.25, 0.3) is 0 Å². The second kappa shape index (κ2) is 5.30. The molecule has 0 aromatic carbocycles. The molecule has 0 saturated heterocycles. The zero-order valence-electron chi connectivity index (χ0n) is 9.31. The van der Waals surface area contributed by atoms with Gasteiger partial charge in [-0.2, -0.15) is 8.42 Å². The van der Waals surface area contributed by atoms with E-state index < -0.39 is 40.4 Å². The molecule has 0 amide bonds. The molecule has 0 aromatic heterocycles. The van der Waals surface area contributed by atoms with Gasteiger partial charge in [0.15, 0.2) is 0 Å². The van der Waals surface area contributed by atoms with Gasteiger partial charge >= 0.3 is 16.4 Å². The first kappa shape index (κ1) is 14.4. The molecule has 100 valence electrons. The molecule has 1 fully saturated rings. The van der Waals surface area contributed by atoms with Crippen LogP contribution in [0.4, 0.5) is 0 Å². The van der Waals surface area contributed by atoms with Gasteiger partial charge in [-0.15, -0.1) is 0 Å². The van der Waals surface area contributed by atoms with Gasteiger partial charge in [0, 0.05) is 5.92 Å². The van der Waals surface area contributed by atoms with E-state index in [4.69, 9.17) is 9.66 Å². The van der Waals surface area contributed by atoms with Crippen molar-refractivity contribution in [1.82, 2.24) is 0 Å². The van der Waals surface area contributed by atoms with E-state index in [2.05, 4.69) is 4.18 Å². The molecule has 0 aromatic rings. The molecule has 1 saturated carbocycles. The molecule has 4 unspecified atom stereocenters. The number of rotatable bonds is 4. The monoisotopic (exact) mass is 268 g/mol. The highest BCUT2D eigenvalue weighted by atomic mass is 32.3. The van der Waals surface area contributed by atoms with Crippen LogP contribution < -0.4 is 0 Å². The van der Waals surface area contributed by atoms with Crippen LogP contribution in [0.2, 0.25) is 0 Å². The van der Waals surface area contributed by atoms with Crippen LogP contribution in [0.15, 0.2) is 0 Å². The third-order valence-electron chi connectivity index (χ3n) is 3.13. The van der Waals surface area contributed by atoms with Crippen LogP contribution in [0.1, 0.15) is 26.2 Å². The molecule has 4 atom stereocenters. The van der Waals surface area contributed by atoms with Crippen molar-refractivity contribution in [2.75, 3.05) is 0 Å². The normalized spacial score (nSPS) is 34.5. The number of hydrogen-bond donors (Lipinski definition) is 3. The minimum Gasteiger partial charge on any atom is -0.481 e. The predicted octanol–water partition coefficient (Wildman–Crippen LogP) is 0.0561. The summed E-state index contributed by atoms with van der Waals surface area (Å²) in [5, 5.41) is 18.8. The molecular formula is C9H16O7S. The Morgan fingerprint density at radius 3 is 2.41 bits per heavy atom. The Morgan fingerprint density at radius 1 is 1.41 bits per heavy atom. The average molecular weight is 268 g/mol. The fraction of sp³-hybridized carbons (Fsp3) is 0.889. The molecule has 7 nitrogen and oxygen atoms in total. The SMILES string of the molecule is CCC1C(C(=O)O)CCC(OS(=O)(=O)O)C1O. The second-order valence-corrected chi connectivity index (χ2v) is 5.20. The fourth-order valence-corrected chi connectivity index (χ4v) is 2.86. The van der Waals surface area contributed by atoms with E-state index >= 15 is 0 Å². The maximum absolute atomic E-state index is 10.9. The summed E-state index contributed by atoms with van der Waals surface area (Å²) in [4.78, 5) is 10.9. The highest BCUT2D eigenvalue weighted by molar-refractivity contribution is 7.80. The number of carbonyl (C=O) groups is 1. The Bertz CT molecular complexity index is 377. The number of carboxylic acids is 1. The molecule has 1 aliphatic carbocycles. The maximum atomic E-state index is 10.9. The van der Waals surface area contributed by atoms with Crippen LogP contribution in [0.3, 0.4) is 0 Å². The summed E-state index contributed by atoms with van der Waals surface area (Å²) >= 11 is 0. The number of aliphatic hydroxyl groups is 1. The standard InChI is InChI=1S/C9H16O7S/c1-2-5-6(9(11)12)3-4-7(8(5)10)16-17(13,14)15/h5-8,10H,2-4H2,1H3,(H,11,12)(H,13,14,15).